The maximum atomic E-state index is 13.3. The molecule has 0 aromatic heterocycles. The highest BCUT2D eigenvalue weighted by Gasteiger charge is 2.59. The summed E-state index contributed by atoms with van der Waals surface area (Å²) in [5, 5.41) is 20.2. The second-order valence-corrected chi connectivity index (χ2v) is 7.05. The molecule has 2 aromatic rings. The van der Waals surface area contributed by atoms with Gasteiger partial charge in [-0.25, -0.2) is 0 Å². The molecule has 0 saturated carbocycles. The van der Waals surface area contributed by atoms with Gasteiger partial charge in [-0.15, -0.1) is 0 Å². The molecule has 1 fully saturated rings. The van der Waals surface area contributed by atoms with Crippen molar-refractivity contribution in [2.24, 2.45) is 0 Å². The zero-order valence-corrected chi connectivity index (χ0v) is 15.6. The van der Waals surface area contributed by atoms with E-state index in [2.05, 4.69) is 0 Å². The zero-order chi connectivity index (χ0) is 20.9. The van der Waals surface area contributed by atoms with Crippen LogP contribution < -0.4 is 0 Å². The first-order valence-electron chi connectivity index (χ1n) is 9.17. The maximum absolute atomic E-state index is 13.3. The summed E-state index contributed by atoms with van der Waals surface area (Å²) in [6.45, 7) is -0.493. The highest BCUT2D eigenvalue weighted by Crippen LogP contribution is 2.41. The summed E-state index contributed by atoms with van der Waals surface area (Å²) in [7, 11) is 0. The average molecular weight is 412 g/mol. The molecule has 1 aliphatic heterocycles. The smallest absolute Gasteiger partial charge is 0.385 e. The van der Waals surface area contributed by atoms with Crippen molar-refractivity contribution in [3.63, 3.8) is 0 Å². The molecule has 0 spiro atoms. The Morgan fingerprint density at radius 2 is 1.45 bits per heavy atom. The van der Waals surface area contributed by atoms with Crippen LogP contribution in [0.2, 0.25) is 0 Å². The lowest BCUT2D eigenvalue weighted by Gasteiger charge is -2.34. The summed E-state index contributed by atoms with van der Waals surface area (Å²) in [5.74, 6) is 0. The molecule has 29 heavy (non-hydrogen) atoms. The van der Waals surface area contributed by atoms with Gasteiger partial charge in [0.1, 0.15) is 17.8 Å². The van der Waals surface area contributed by atoms with Crippen LogP contribution in [0.5, 0.6) is 0 Å². The molecule has 1 heterocycles. The minimum atomic E-state index is -4.62. The van der Waals surface area contributed by atoms with E-state index in [-0.39, 0.29) is 13.2 Å². The van der Waals surface area contributed by atoms with Gasteiger partial charge in [-0.3, -0.25) is 0 Å². The number of benzene rings is 2. The van der Waals surface area contributed by atoms with Crippen LogP contribution in [0.1, 0.15) is 17.5 Å². The van der Waals surface area contributed by atoms with Crippen LogP contribution in [0.3, 0.4) is 0 Å². The van der Waals surface area contributed by atoms with Crippen molar-refractivity contribution in [1.82, 2.24) is 0 Å². The number of alkyl halides is 3. The van der Waals surface area contributed by atoms with Crippen LogP contribution >= 0.6 is 0 Å². The number of hydrogen-bond acceptors (Lipinski definition) is 5. The van der Waals surface area contributed by atoms with Crippen molar-refractivity contribution in [1.29, 1.82) is 0 Å². The Hall–Kier alpha value is -1.97. The molecule has 0 aliphatic carbocycles. The Labute approximate surface area is 166 Å². The molecule has 5 nitrogen and oxygen atoms in total. The Bertz CT molecular complexity index is 756. The van der Waals surface area contributed by atoms with Crippen molar-refractivity contribution in [3.8, 4) is 0 Å². The fourth-order valence-electron chi connectivity index (χ4n) is 3.41. The standard InChI is InChI=1S/C21H23F3O5/c22-21(23,24)13-20(14-27-11-15-7-3-1-4-8-15)18(17(25)19(26)29-20)28-12-16-9-5-2-6-10-16/h1-10,17-19,25-26H,11-14H2/t17-,18+,19-,20-/m1/s1. The van der Waals surface area contributed by atoms with Gasteiger partial charge < -0.3 is 24.4 Å². The molecule has 3 rings (SSSR count). The van der Waals surface area contributed by atoms with E-state index in [1.54, 1.807) is 54.6 Å². The fourth-order valence-corrected chi connectivity index (χ4v) is 3.41. The molecule has 2 N–H and O–H groups in total. The molecule has 0 amide bonds. The van der Waals surface area contributed by atoms with E-state index in [0.717, 1.165) is 5.56 Å². The summed E-state index contributed by atoms with van der Waals surface area (Å²) in [6, 6.07) is 17.8. The van der Waals surface area contributed by atoms with Crippen LogP contribution in [0.4, 0.5) is 13.2 Å². The van der Waals surface area contributed by atoms with Gasteiger partial charge in [0.25, 0.3) is 0 Å². The number of hydrogen-bond donors (Lipinski definition) is 2. The van der Waals surface area contributed by atoms with Crippen molar-refractivity contribution in [3.05, 3.63) is 71.8 Å². The van der Waals surface area contributed by atoms with Gasteiger partial charge in [-0.1, -0.05) is 60.7 Å². The highest BCUT2D eigenvalue weighted by molar-refractivity contribution is 5.15. The minimum Gasteiger partial charge on any atom is -0.385 e. The third-order valence-electron chi connectivity index (χ3n) is 4.71. The van der Waals surface area contributed by atoms with Crippen molar-refractivity contribution < 1.29 is 37.6 Å². The van der Waals surface area contributed by atoms with Gasteiger partial charge in [0.2, 0.25) is 0 Å². The number of ether oxygens (including phenoxy) is 3. The van der Waals surface area contributed by atoms with E-state index in [1.165, 1.54) is 0 Å². The van der Waals surface area contributed by atoms with Crippen molar-refractivity contribution >= 4 is 0 Å². The number of rotatable bonds is 8. The molecule has 1 saturated heterocycles. The maximum Gasteiger partial charge on any atom is 0.392 e. The molecule has 8 heteroatoms. The lowest BCUT2D eigenvalue weighted by molar-refractivity contribution is -0.239. The van der Waals surface area contributed by atoms with E-state index < -0.39 is 43.3 Å². The van der Waals surface area contributed by atoms with Crippen molar-refractivity contribution in [2.75, 3.05) is 6.61 Å². The molecule has 158 valence electrons. The van der Waals surface area contributed by atoms with Gasteiger partial charge in [-0.2, -0.15) is 13.2 Å². The van der Waals surface area contributed by atoms with Crippen molar-refractivity contribution in [2.45, 2.75) is 49.9 Å². The fraction of sp³-hybridized carbons (Fsp3) is 0.429. The minimum absolute atomic E-state index is 0.0447. The first-order valence-corrected chi connectivity index (χ1v) is 9.17. The number of aliphatic hydroxyl groups excluding tert-OH is 2. The SMILES string of the molecule is O[C@H]1[C@H](O)O[C@@](COCc2ccccc2)(CC(F)(F)F)[C@H]1OCc1ccccc1. The van der Waals surface area contributed by atoms with Crippen LogP contribution in [0, 0.1) is 0 Å². The third-order valence-corrected chi connectivity index (χ3v) is 4.71. The highest BCUT2D eigenvalue weighted by atomic mass is 19.4. The van der Waals surface area contributed by atoms with E-state index in [1.807, 2.05) is 6.07 Å². The monoisotopic (exact) mass is 412 g/mol. The third kappa shape index (κ3) is 5.77. The van der Waals surface area contributed by atoms with Gasteiger partial charge in [0.15, 0.2) is 6.29 Å². The Balaban J connectivity index is 1.76. The molecule has 4 atom stereocenters. The van der Waals surface area contributed by atoms with E-state index >= 15 is 0 Å². The first kappa shape index (κ1) is 21.7. The molecule has 0 bridgehead atoms. The predicted molar refractivity (Wildman–Crippen MR) is 97.6 cm³/mol. The first-order chi connectivity index (χ1) is 13.8. The summed E-state index contributed by atoms with van der Waals surface area (Å²) >= 11 is 0. The van der Waals surface area contributed by atoms with Crippen LogP contribution in [0.15, 0.2) is 60.7 Å². The Morgan fingerprint density at radius 3 is 2.00 bits per heavy atom. The topological polar surface area (TPSA) is 68.2 Å². The number of aliphatic hydroxyl groups is 2. The molecule has 0 unspecified atom stereocenters. The van der Waals surface area contributed by atoms with E-state index in [9.17, 15) is 23.4 Å². The Morgan fingerprint density at radius 1 is 0.897 bits per heavy atom. The van der Waals surface area contributed by atoms with Gasteiger partial charge in [0.05, 0.1) is 26.2 Å². The van der Waals surface area contributed by atoms with E-state index in [0.29, 0.717) is 5.56 Å². The summed E-state index contributed by atoms with van der Waals surface area (Å²) in [4.78, 5) is 0. The van der Waals surface area contributed by atoms with Crippen LogP contribution in [-0.4, -0.2) is 47.1 Å². The predicted octanol–water partition coefficient (Wildman–Crippen LogP) is 3.19. The van der Waals surface area contributed by atoms with Crippen LogP contribution in [-0.2, 0) is 27.4 Å². The molecule has 2 aromatic carbocycles. The average Bonchev–Trinajstić information content (AvgIpc) is 2.90. The van der Waals surface area contributed by atoms with E-state index in [4.69, 9.17) is 14.2 Å². The lowest BCUT2D eigenvalue weighted by Crippen LogP contribution is -2.51. The second-order valence-electron chi connectivity index (χ2n) is 7.05. The van der Waals surface area contributed by atoms with Gasteiger partial charge in [-0.05, 0) is 11.1 Å². The zero-order valence-electron chi connectivity index (χ0n) is 15.6. The quantitative estimate of drug-likeness (QED) is 0.697. The largest absolute Gasteiger partial charge is 0.392 e. The normalized spacial score (nSPS) is 27.3. The molecular weight excluding hydrogens is 389 g/mol. The summed E-state index contributed by atoms with van der Waals surface area (Å²) in [5.41, 5.74) is -0.580. The summed E-state index contributed by atoms with van der Waals surface area (Å²) in [6.07, 6.45) is -10.9. The molecular formula is C21H23F3O5. The van der Waals surface area contributed by atoms with Gasteiger partial charge in [0, 0.05) is 0 Å². The summed E-state index contributed by atoms with van der Waals surface area (Å²) < 4.78 is 56.4. The Kier molecular flexibility index (Phi) is 6.92. The second kappa shape index (κ2) is 9.23. The van der Waals surface area contributed by atoms with Gasteiger partial charge >= 0.3 is 6.18 Å². The van der Waals surface area contributed by atoms with Crippen LogP contribution in [0.25, 0.3) is 0 Å². The molecule has 1 aliphatic rings. The molecule has 0 radical (unpaired) electrons. The number of halogens is 3. The lowest BCUT2D eigenvalue weighted by atomic mass is 9.91.